The van der Waals surface area contributed by atoms with Gasteiger partial charge in [-0.25, -0.2) is 14.7 Å². The van der Waals surface area contributed by atoms with Crippen molar-refractivity contribution in [1.82, 2.24) is 14.7 Å². The number of benzene rings is 2. The van der Waals surface area contributed by atoms with E-state index in [0.29, 0.717) is 24.4 Å². The Labute approximate surface area is 199 Å². The fourth-order valence-corrected chi connectivity index (χ4v) is 6.27. The van der Waals surface area contributed by atoms with Crippen LogP contribution in [0.1, 0.15) is 41.1 Å². The number of hydrogen-bond donors (Lipinski definition) is 3. The first-order valence-corrected chi connectivity index (χ1v) is 12.7. The van der Waals surface area contributed by atoms with Crippen LogP contribution in [0.2, 0.25) is 5.02 Å². The number of hydrogen-bond acceptors (Lipinski definition) is 7. The van der Waals surface area contributed by atoms with Gasteiger partial charge in [-0.3, -0.25) is 18.7 Å². The van der Waals surface area contributed by atoms with Crippen LogP contribution >= 0.6 is 22.4 Å². The quantitative estimate of drug-likeness (QED) is 0.393. The number of rotatable bonds is 7. The van der Waals surface area contributed by atoms with Crippen LogP contribution in [0, 0.1) is 0 Å². The molecule has 178 valence electrons. The summed E-state index contributed by atoms with van der Waals surface area (Å²) < 4.78 is 27.4. The van der Waals surface area contributed by atoms with Crippen LogP contribution in [0.4, 0.5) is 0 Å². The summed E-state index contributed by atoms with van der Waals surface area (Å²) in [5, 5.41) is 2.38. The number of ether oxygens (including phenoxy) is 1. The highest BCUT2D eigenvalue weighted by atomic mass is 35.5. The molecule has 4 rings (SSSR count). The second kappa shape index (κ2) is 10.0. The zero-order valence-electron chi connectivity index (χ0n) is 18.3. The molecule has 2 atom stereocenters. The lowest BCUT2D eigenvalue weighted by Gasteiger charge is -2.39. The molecule has 1 amide bonds. The first-order chi connectivity index (χ1) is 15.8. The summed E-state index contributed by atoms with van der Waals surface area (Å²) in [5.41, 5.74) is 4.64. The first-order valence-electron chi connectivity index (χ1n) is 10.9. The minimum Gasteiger partial charge on any atom is -0.468 e. The molecule has 1 saturated heterocycles. The normalized spacial score (nSPS) is 23.3. The van der Waals surface area contributed by atoms with Crippen LogP contribution in [0.3, 0.4) is 0 Å². The number of halogens is 1. The molecule has 2 aromatic carbocycles. The molecule has 0 bridgehead atoms. The number of unbranched alkanes of at least 4 members (excludes halogenated alkanes) is 1. The zero-order chi connectivity index (χ0) is 23.6. The summed E-state index contributed by atoms with van der Waals surface area (Å²) in [4.78, 5) is 25.3. The second-order valence-electron chi connectivity index (χ2n) is 8.20. The van der Waals surface area contributed by atoms with E-state index in [0.717, 1.165) is 22.8 Å². The first kappa shape index (κ1) is 24.0. The predicted octanol–water partition coefficient (Wildman–Crippen LogP) is 4.14. The summed E-state index contributed by atoms with van der Waals surface area (Å²) in [7, 11) is -1.95. The molecule has 2 aliphatic rings. The van der Waals surface area contributed by atoms with Crippen LogP contribution in [0.25, 0.3) is 0 Å². The number of amides is 1. The van der Waals surface area contributed by atoms with Crippen molar-refractivity contribution in [3.63, 3.8) is 0 Å². The van der Waals surface area contributed by atoms with Crippen molar-refractivity contribution in [3.8, 4) is 0 Å². The molecular weight excluding hydrogens is 466 g/mol. The van der Waals surface area contributed by atoms with Gasteiger partial charge >= 0.3 is 5.97 Å². The SMILES string of the molecule is COC(=O)[C@H]1NN(CCCCN2C(=O)c3cc(Cl)ccc3S2(O)O)CC[C@H]1c1ccccc1. The summed E-state index contributed by atoms with van der Waals surface area (Å²) in [6.07, 6.45) is 2.08. The van der Waals surface area contributed by atoms with Gasteiger partial charge in [0, 0.05) is 30.6 Å². The van der Waals surface area contributed by atoms with Crippen LogP contribution in [-0.4, -0.2) is 63.1 Å². The average Bonchev–Trinajstić information content (AvgIpc) is 3.01. The molecule has 8 nitrogen and oxygen atoms in total. The fourth-order valence-electron chi connectivity index (χ4n) is 4.46. The Balaban J connectivity index is 1.32. The average molecular weight is 494 g/mol. The molecule has 10 heteroatoms. The lowest BCUT2D eigenvalue weighted by atomic mass is 9.87. The number of carbonyl (C=O) groups excluding carboxylic acids is 2. The molecule has 2 aromatic rings. The highest BCUT2D eigenvalue weighted by molar-refractivity contribution is 8.23. The molecule has 33 heavy (non-hydrogen) atoms. The monoisotopic (exact) mass is 493 g/mol. The van der Waals surface area contributed by atoms with Crippen molar-refractivity contribution < 1.29 is 23.4 Å². The van der Waals surface area contributed by atoms with E-state index in [1.54, 1.807) is 6.07 Å². The molecule has 0 saturated carbocycles. The van der Waals surface area contributed by atoms with Gasteiger partial charge in [-0.05, 0) is 43.0 Å². The Morgan fingerprint density at radius 3 is 2.64 bits per heavy atom. The van der Waals surface area contributed by atoms with E-state index in [-0.39, 0.29) is 28.9 Å². The molecule has 1 fully saturated rings. The van der Waals surface area contributed by atoms with Crippen molar-refractivity contribution in [2.24, 2.45) is 0 Å². The smallest absolute Gasteiger partial charge is 0.324 e. The minimum absolute atomic E-state index is 0.0236. The Kier molecular flexibility index (Phi) is 7.28. The minimum atomic E-state index is -3.34. The molecule has 2 heterocycles. The maximum absolute atomic E-state index is 12.7. The van der Waals surface area contributed by atoms with Gasteiger partial charge in [-0.1, -0.05) is 52.7 Å². The topological polar surface area (TPSA) is 102 Å². The largest absolute Gasteiger partial charge is 0.468 e. The van der Waals surface area contributed by atoms with E-state index in [2.05, 4.69) is 5.43 Å². The lowest BCUT2D eigenvalue weighted by molar-refractivity contribution is -0.147. The van der Waals surface area contributed by atoms with Gasteiger partial charge in [0.1, 0.15) is 6.04 Å². The number of esters is 1. The summed E-state index contributed by atoms with van der Waals surface area (Å²) >= 11 is 5.97. The molecule has 0 aliphatic carbocycles. The summed E-state index contributed by atoms with van der Waals surface area (Å²) in [6.45, 7) is 1.62. The molecule has 0 radical (unpaired) electrons. The van der Waals surface area contributed by atoms with E-state index in [9.17, 15) is 18.7 Å². The third kappa shape index (κ3) is 4.89. The number of methoxy groups -OCH3 is 1. The molecular formula is C23H28ClN3O5S. The Bertz CT molecular complexity index is 1020. The third-order valence-electron chi connectivity index (χ3n) is 6.16. The molecule has 0 aromatic heterocycles. The van der Waals surface area contributed by atoms with Gasteiger partial charge in [0.25, 0.3) is 5.91 Å². The van der Waals surface area contributed by atoms with E-state index in [4.69, 9.17) is 16.3 Å². The highest BCUT2D eigenvalue weighted by Crippen LogP contribution is 2.58. The number of fused-ring (bicyclic) bond motifs is 1. The summed E-state index contributed by atoms with van der Waals surface area (Å²) in [5.74, 6) is -0.697. The van der Waals surface area contributed by atoms with Crippen molar-refractivity contribution >= 4 is 34.3 Å². The molecule has 0 spiro atoms. The van der Waals surface area contributed by atoms with Gasteiger partial charge in [-0.15, -0.1) is 0 Å². The Hall–Kier alpha value is -2.14. The maximum atomic E-state index is 12.7. The highest BCUT2D eigenvalue weighted by Gasteiger charge is 2.41. The Morgan fingerprint density at radius 1 is 1.18 bits per heavy atom. The van der Waals surface area contributed by atoms with Crippen LogP contribution < -0.4 is 5.43 Å². The van der Waals surface area contributed by atoms with Crippen molar-refractivity contribution in [2.75, 3.05) is 26.7 Å². The Morgan fingerprint density at radius 2 is 1.91 bits per heavy atom. The van der Waals surface area contributed by atoms with Crippen molar-refractivity contribution in [1.29, 1.82) is 0 Å². The molecule has 3 N–H and O–H groups in total. The zero-order valence-corrected chi connectivity index (χ0v) is 19.9. The predicted molar refractivity (Wildman–Crippen MR) is 127 cm³/mol. The van der Waals surface area contributed by atoms with Crippen LogP contribution in [0.5, 0.6) is 0 Å². The van der Waals surface area contributed by atoms with E-state index in [1.165, 1.54) is 19.2 Å². The molecule has 2 aliphatic heterocycles. The van der Waals surface area contributed by atoms with Gasteiger partial charge in [0.15, 0.2) is 0 Å². The lowest BCUT2D eigenvalue weighted by Crippen LogP contribution is -2.56. The van der Waals surface area contributed by atoms with E-state index in [1.807, 2.05) is 35.3 Å². The van der Waals surface area contributed by atoms with Crippen molar-refractivity contribution in [3.05, 3.63) is 64.7 Å². The maximum Gasteiger partial charge on any atom is 0.324 e. The second-order valence-corrected chi connectivity index (χ2v) is 10.6. The number of nitrogens with one attached hydrogen (secondary N) is 1. The van der Waals surface area contributed by atoms with E-state index >= 15 is 0 Å². The number of hydrazine groups is 1. The number of nitrogens with zero attached hydrogens (tertiary/aromatic N) is 2. The fraction of sp³-hybridized carbons (Fsp3) is 0.391. The summed E-state index contributed by atoms with van der Waals surface area (Å²) in [6, 6.07) is 14.0. The van der Waals surface area contributed by atoms with Gasteiger partial charge in [-0.2, -0.15) is 0 Å². The van der Waals surface area contributed by atoms with Gasteiger partial charge < -0.3 is 4.74 Å². The standard InChI is InChI=1S/C23H28ClN3O5S/c1-32-23(29)21-18(16-7-3-2-4-8-16)11-14-26(25-21)12-5-6-13-27-22(28)19-15-17(24)9-10-20(19)33(27,30)31/h2-4,7-10,15,18,21,25,30-31H,5-6,11-14H2,1H3/t18-,21-/m0/s1. The number of carbonyl (C=O) groups is 2. The van der Waals surface area contributed by atoms with Crippen LogP contribution in [-0.2, 0) is 9.53 Å². The van der Waals surface area contributed by atoms with Gasteiger partial charge in [0.2, 0.25) is 0 Å². The van der Waals surface area contributed by atoms with Crippen LogP contribution in [0.15, 0.2) is 53.4 Å². The van der Waals surface area contributed by atoms with Crippen molar-refractivity contribution in [2.45, 2.75) is 36.1 Å². The van der Waals surface area contributed by atoms with E-state index < -0.39 is 22.7 Å². The molecule has 0 unspecified atom stereocenters. The third-order valence-corrected chi connectivity index (χ3v) is 8.30. The van der Waals surface area contributed by atoms with Gasteiger partial charge in [0.05, 0.1) is 17.6 Å².